The molecular formula is C10H15Cl2N3O2S. The van der Waals surface area contributed by atoms with Crippen molar-refractivity contribution in [3.63, 3.8) is 0 Å². The van der Waals surface area contributed by atoms with Gasteiger partial charge < -0.3 is 5.32 Å². The molecule has 18 heavy (non-hydrogen) atoms. The minimum atomic E-state index is -3.50. The molecule has 1 aromatic heterocycles. The standard InChI is InChI=1S/C10H14ClN3O2S.ClH/c1-14(9-2-3-12-6-9)17(15,16)10-4-8(11)5-13-7-10;/h4-5,7,9,12H,2-3,6H2,1H3;1H. The van der Waals surface area contributed by atoms with Gasteiger partial charge in [0.25, 0.3) is 0 Å². The van der Waals surface area contributed by atoms with Crippen molar-refractivity contribution in [1.82, 2.24) is 14.6 Å². The maximum atomic E-state index is 12.3. The minimum absolute atomic E-state index is 0. The Morgan fingerprint density at radius 2 is 2.22 bits per heavy atom. The molecule has 1 saturated heterocycles. The second-order valence-corrected chi connectivity index (χ2v) is 6.44. The van der Waals surface area contributed by atoms with E-state index in [4.69, 9.17) is 11.6 Å². The number of likely N-dealkylation sites (N-methyl/N-ethyl adjacent to an activating group) is 1. The van der Waals surface area contributed by atoms with Gasteiger partial charge in [-0.05, 0) is 19.0 Å². The van der Waals surface area contributed by atoms with Crippen molar-refractivity contribution in [2.45, 2.75) is 17.4 Å². The van der Waals surface area contributed by atoms with Crippen LogP contribution in [-0.2, 0) is 10.0 Å². The summed E-state index contributed by atoms with van der Waals surface area (Å²) in [5.41, 5.74) is 0. The summed E-state index contributed by atoms with van der Waals surface area (Å²) in [5.74, 6) is 0. The molecule has 0 bridgehead atoms. The van der Waals surface area contributed by atoms with Crippen LogP contribution in [0.5, 0.6) is 0 Å². The highest BCUT2D eigenvalue weighted by atomic mass is 35.5. The molecule has 0 aromatic carbocycles. The molecule has 0 amide bonds. The summed E-state index contributed by atoms with van der Waals surface area (Å²) < 4.78 is 25.9. The Morgan fingerprint density at radius 1 is 1.50 bits per heavy atom. The second-order valence-electron chi connectivity index (χ2n) is 4.01. The fourth-order valence-electron chi connectivity index (χ4n) is 1.85. The van der Waals surface area contributed by atoms with Crippen LogP contribution in [0.2, 0.25) is 5.02 Å². The SMILES string of the molecule is CN(C1CCNC1)S(=O)(=O)c1cncc(Cl)c1.Cl. The topological polar surface area (TPSA) is 62.3 Å². The zero-order chi connectivity index (χ0) is 12.5. The zero-order valence-corrected chi connectivity index (χ0v) is 12.2. The van der Waals surface area contributed by atoms with E-state index in [1.165, 1.54) is 22.8 Å². The monoisotopic (exact) mass is 311 g/mol. The van der Waals surface area contributed by atoms with Crippen molar-refractivity contribution in [3.8, 4) is 0 Å². The van der Waals surface area contributed by atoms with Gasteiger partial charge in [-0.25, -0.2) is 8.42 Å². The molecule has 1 aliphatic rings. The van der Waals surface area contributed by atoms with Crippen LogP contribution in [0.15, 0.2) is 23.4 Å². The van der Waals surface area contributed by atoms with Gasteiger partial charge in [0, 0.05) is 32.0 Å². The molecule has 0 saturated carbocycles. The van der Waals surface area contributed by atoms with Crippen molar-refractivity contribution >= 4 is 34.0 Å². The fraction of sp³-hybridized carbons (Fsp3) is 0.500. The Labute approximate surface area is 118 Å². The van der Waals surface area contributed by atoms with E-state index < -0.39 is 10.0 Å². The summed E-state index contributed by atoms with van der Waals surface area (Å²) in [6.07, 6.45) is 3.56. The first-order valence-corrected chi connectivity index (χ1v) is 7.13. The lowest BCUT2D eigenvalue weighted by Crippen LogP contribution is -2.38. The highest BCUT2D eigenvalue weighted by Gasteiger charge is 2.30. The number of hydrogen-bond donors (Lipinski definition) is 1. The molecule has 1 unspecified atom stereocenters. The third-order valence-electron chi connectivity index (χ3n) is 2.91. The lowest BCUT2D eigenvalue weighted by Gasteiger charge is -2.22. The molecule has 2 heterocycles. The lowest BCUT2D eigenvalue weighted by molar-refractivity contribution is 0.387. The number of rotatable bonds is 3. The largest absolute Gasteiger partial charge is 0.315 e. The third kappa shape index (κ3) is 3.13. The molecule has 0 aliphatic carbocycles. The van der Waals surface area contributed by atoms with Crippen molar-refractivity contribution in [1.29, 1.82) is 0 Å². The molecule has 8 heteroatoms. The third-order valence-corrected chi connectivity index (χ3v) is 4.99. The Hall–Kier alpha value is -0.400. The van der Waals surface area contributed by atoms with Crippen LogP contribution in [0.25, 0.3) is 0 Å². The second kappa shape index (κ2) is 6.16. The van der Waals surface area contributed by atoms with Crippen molar-refractivity contribution < 1.29 is 8.42 Å². The number of nitrogens with zero attached hydrogens (tertiary/aromatic N) is 2. The summed E-state index contributed by atoms with van der Waals surface area (Å²) in [6, 6.07) is 1.42. The van der Waals surface area contributed by atoms with E-state index in [0.717, 1.165) is 13.0 Å². The van der Waals surface area contributed by atoms with Gasteiger partial charge in [0.2, 0.25) is 10.0 Å². The van der Waals surface area contributed by atoms with Crippen LogP contribution in [0.3, 0.4) is 0 Å². The predicted molar refractivity (Wildman–Crippen MR) is 72.7 cm³/mol. The first-order valence-electron chi connectivity index (χ1n) is 5.31. The van der Waals surface area contributed by atoms with E-state index >= 15 is 0 Å². The van der Waals surface area contributed by atoms with E-state index in [0.29, 0.717) is 11.6 Å². The van der Waals surface area contributed by atoms with Crippen LogP contribution in [-0.4, -0.2) is 43.9 Å². The van der Waals surface area contributed by atoms with Crippen LogP contribution in [0.4, 0.5) is 0 Å². The molecule has 102 valence electrons. The number of aromatic nitrogens is 1. The predicted octanol–water partition coefficient (Wildman–Crippen LogP) is 1.14. The van der Waals surface area contributed by atoms with Gasteiger partial charge in [-0.1, -0.05) is 11.6 Å². The number of sulfonamides is 1. The molecule has 1 N–H and O–H groups in total. The van der Waals surface area contributed by atoms with Gasteiger partial charge in [0.05, 0.1) is 5.02 Å². The summed E-state index contributed by atoms with van der Waals surface area (Å²) in [6.45, 7) is 1.53. The summed E-state index contributed by atoms with van der Waals surface area (Å²) in [5, 5.41) is 3.46. The number of halogens is 2. The Bertz CT molecular complexity index is 504. The molecule has 5 nitrogen and oxygen atoms in total. The first kappa shape index (κ1) is 15.7. The molecule has 1 atom stereocenters. The summed E-state index contributed by atoms with van der Waals surface area (Å²) in [7, 11) is -1.91. The van der Waals surface area contributed by atoms with E-state index in [1.807, 2.05) is 0 Å². The van der Waals surface area contributed by atoms with E-state index in [-0.39, 0.29) is 23.3 Å². The molecule has 0 spiro atoms. The first-order chi connectivity index (χ1) is 8.01. The molecule has 1 aromatic rings. The average Bonchev–Trinajstić information content (AvgIpc) is 2.81. The van der Waals surface area contributed by atoms with Gasteiger partial charge in [0.1, 0.15) is 4.90 Å². The quantitative estimate of drug-likeness (QED) is 0.909. The Balaban J connectivity index is 0.00000162. The lowest BCUT2D eigenvalue weighted by atomic mass is 10.3. The molecule has 1 aliphatic heterocycles. The van der Waals surface area contributed by atoms with E-state index in [1.54, 1.807) is 7.05 Å². The van der Waals surface area contributed by atoms with Crippen LogP contribution < -0.4 is 5.32 Å². The highest BCUT2D eigenvalue weighted by molar-refractivity contribution is 7.89. The van der Waals surface area contributed by atoms with E-state index in [2.05, 4.69) is 10.3 Å². The van der Waals surface area contributed by atoms with Crippen LogP contribution in [0.1, 0.15) is 6.42 Å². The molecule has 1 fully saturated rings. The molecule has 0 radical (unpaired) electrons. The number of pyridine rings is 1. The van der Waals surface area contributed by atoms with Crippen molar-refractivity contribution in [3.05, 3.63) is 23.5 Å². The van der Waals surface area contributed by atoms with Crippen molar-refractivity contribution in [2.75, 3.05) is 20.1 Å². The summed E-state index contributed by atoms with van der Waals surface area (Å²) >= 11 is 5.76. The van der Waals surface area contributed by atoms with Gasteiger partial charge >= 0.3 is 0 Å². The molecule has 2 rings (SSSR count). The van der Waals surface area contributed by atoms with Gasteiger partial charge in [0.15, 0.2) is 0 Å². The van der Waals surface area contributed by atoms with Crippen molar-refractivity contribution in [2.24, 2.45) is 0 Å². The normalized spacial score (nSPS) is 19.8. The van der Waals surface area contributed by atoms with Gasteiger partial charge in [-0.15, -0.1) is 12.4 Å². The average molecular weight is 312 g/mol. The Morgan fingerprint density at radius 3 is 2.78 bits per heavy atom. The fourth-order valence-corrected chi connectivity index (χ4v) is 3.46. The maximum Gasteiger partial charge on any atom is 0.244 e. The van der Waals surface area contributed by atoms with Crippen LogP contribution >= 0.6 is 24.0 Å². The number of nitrogens with one attached hydrogen (secondary N) is 1. The molecular weight excluding hydrogens is 297 g/mol. The summed E-state index contributed by atoms with van der Waals surface area (Å²) in [4.78, 5) is 3.94. The van der Waals surface area contributed by atoms with Crippen LogP contribution in [0, 0.1) is 0 Å². The number of hydrogen-bond acceptors (Lipinski definition) is 4. The minimum Gasteiger partial charge on any atom is -0.315 e. The zero-order valence-electron chi connectivity index (χ0n) is 9.84. The van der Waals surface area contributed by atoms with E-state index in [9.17, 15) is 8.42 Å². The Kier molecular flexibility index (Phi) is 5.36. The highest BCUT2D eigenvalue weighted by Crippen LogP contribution is 2.20. The van der Waals surface area contributed by atoms with Gasteiger partial charge in [-0.3, -0.25) is 4.98 Å². The maximum absolute atomic E-state index is 12.3. The van der Waals surface area contributed by atoms with Gasteiger partial charge in [-0.2, -0.15) is 4.31 Å². The smallest absolute Gasteiger partial charge is 0.244 e.